The van der Waals surface area contributed by atoms with Gasteiger partial charge in [0.2, 0.25) is 5.91 Å². The van der Waals surface area contributed by atoms with Crippen molar-refractivity contribution in [3.05, 3.63) is 24.0 Å². The molecule has 0 saturated carbocycles. The highest BCUT2D eigenvalue weighted by molar-refractivity contribution is 5.92. The van der Waals surface area contributed by atoms with Gasteiger partial charge in [0.25, 0.3) is 0 Å². The van der Waals surface area contributed by atoms with Crippen LogP contribution in [0.15, 0.2) is 18.2 Å². The summed E-state index contributed by atoms with van der Waals surface area (Å²) in [7, 11) is 0. The zero-order valence-electron chi connectivity index (χ0n) is 10.2. The fourth-order valence-electron chi connectivity index (χ4n) is 1.27. The lowest BCUT2D eigenvalue weighted by atomic mass is 10.2. The molecule has 6 heteroatoms. The number of hydrogen-bond acceptors (Lipinski definition) is 3. The Balaban J connectivity index is 0.00000289. The second-order valence-corrected chi connectivity index (χ2v) is 3.58. The van der Waals surface area contributed by atoms with Crippen LogP contribution in [0.4, 0.5) is 10.1 Å². The molecule has 0 aromatic heterocycles. The lowest BCUT2D eigenvalue weighted by Crippen LogP contribution is -2.16. The standard InChI is InChI=1S/C12H17FN2O2.ClH/c1-2-7-17-11-8-9(13)3-4-10(11)15-12(16)5-6-14;/h3-4,8H,2,5-7,14H2,1H3,(H,15,16);1H. The van der Waals surface area contributed by atoms with E-state index < -0.39 is 5.82 Å². The molecule has 0 aliphatic carbocycles. The minimum absolute atomic E-state index is 0. The first-order chi connectivity index (χ1) is 8.17. The molecule has 3 N–H and O–H groups in total. The van der Waals surface area contributed by atoms with Gasteiger partial charge in [0.15, 0.2) is 0 Å². The topological polar surface area (TPSA) is 64.3 Å². The Hall–Kier alpha value is -1.33. The second kappa shape index (κ2) is 8.72. The summed E-state index contributed by atoms with van der Waals surface area (Å²) in [6.45, 7) is 2.70. The Labute approximate surface area is 112 Å². The van der Waals surface area contributed by atoms with E-state index in [9.17, 15) is 9.18 Å². The molecular formula is C12H18ClFN2O2. The molecule has 0 atom stereocenters. The van der Waals surface area contributed by atoms with Gasteiger partial charge in [-0.2, -0.15) is 0 Å². The van der Waals surface area contributed by atoms with E-state index in [4.69, 9.17) is 10.5 Å². The molecule has 1 aromatic rings. The molecule has 0 aliphatic heterocycles. The quantitative estimate of drug-likeness (QED) is 0.838. The largest absolute Gasteiger partial charge is 0.491 e. The monoisotopic (exact) mass is 276 g/mol. The van der Waals surface area contributed by atoms with Crippen LogP contribution < -0.4 is 15.8 Å². The predicted octanol–water partition coefficient (Wildman–Crippen LogP) is 2.32. The van der Waals surface area contributed by atoms with Crippen LogP contribution in [-0.4, -0.2) is 19.1 Å². The third kappa shape index (κ3) is 5.33. The van der Waals surface area contributed by atoms with Crippen LogP contribution in [0.25, 0.3) is 0 Å². The van der Waals surface area contributed by atoms with Crippen molar-refractivity contribution >= 4 is 24.0 Å². The van der Waals surface area contributed by atoms with E-state index in [1.165, 1.54) is 18.2 Å². The highest BCUT2D eigenvalue weighted by Gasteiger charge is 2.08. The lowest BCUT2D eigenvalue weighted by molar-refractivity contribution is -0.116. The summed E-state index contributed by atoms with van der Waals surface area (Å²) in [5.41, 5.74) is 5.74. The van der Waals surface area contributed by atoms with Crippen LogP contribution in [0.2, 0.25) is 0 Å². The number of rotatable bonds is 6. The minimum Gasteiger partial charge on any atom is -0.491 e. The van der Waals surface area contributed by atoms with E-state index in [-0.39, 0.29) is 31.3 Å². The molecule has 18 heavy (non-hydrogen) atoms. The van der Waals surface area contributed by atoms with Crippen molar-refractivity contribution in [1.82, 2.24) is 0 Å². The van der Waals surface area contributed by atoms with Gasteiger partial charge in [0.05, 0.1) is 12.3 Å². The van der Waals surface area contributed by atoms with Crippen LogP contribution in [-0.2, 0) is 4.79 Å². The molecule has 0 bridgehead atoms. The van der Waals surface area contributed by atoms with Crippen molar-refractivity contribution in [2.75, 3.05) is 18.5 Å². The van der Waals surface area contributed by atoms with Gasteiger partial charge in [-0.1, -0.05) is 6.92 Å². The van der Waals surface area contributed by atoms with Crippen molar-refractivity contribution in [3.8, 4) is 5.75 Å². The summed E-state index contributed by atoms with van der Waals surface area (Å²) in [5, 5.41) is 2.64. The third-order valence-electron chi connectivity index (χ3n) is 2.05. The number of anilines is 1. The van der Waals surface area contributed by atoms with Crippen LogP contribution >= 0.6 is 12.4 Å². The molecule has 1 amide bonds. The first-order valence-electron chi connectivity index (χ1n) is 5.59. The maximum absolute atomic E-state index is 13.0. The van der Waals surface area contributed by atoms with Gasteiger partial charge in [0, 0.05) is 19.0 Å². The maximum atomic E-state index is 13.0. The average molecular weight is 277 g/mol. The summed E-state index contributed by atoms with van der Waals surface area (Å²) in [5.74, 6) is -0.259. The molecule has 0 heterocycles. The summed E-state index contributed by atoms with van der Waals surface area (Å²) in [6.07, 6.45) is 1.04. The van der Waals surface area contributed by atoms with Crippen LogP contribution in [0, 0.1) is 5.82 Å². The van der Waals surface area contributed by atoms with Crippen molar-refractivity contribution in [1.29, 1.82) is 0 Å². The molecule has 0 unspecified atom stereocenters. The predicted molar refractivity (Wildman–Crippen MR) is 71.7 cm³/mol. The Morgan fingerprint density at radius 1 is 1.50 bits per heavy atom. The Morgan fingerprint density at radius 3 is 2.83 bits per heavy atom. The van der Waals surface area contributed by atoms with Crippen molar-refractivity contribution in [3.63, 3.8) is 0 Å². The Morgan fingerprint density at radius 2 is 2.22 bits per heavy atom. The van der Waals surface area contributed by atoms with Gasteiger partial charge in [-0.25, -0.2) is 4.39 Å². The molecule has 102 valence electrons. The molecular weight excluding hydrogens is 259 g/mol. The molecule has 0 fully saturated rings. The number of amides is 1. The molecule has 1 aromatic carbocycles. The Kier molecular flexibility index (Phi) is 8.07. The smallest absolute Gasteiger partial charge is 0.225 e. The normalized spacial score (nSPS) is 9.50. The van der Waals surface area contributed by atoms with E-state index in [0.29, 0.717) is 18.0 Å². The van der Waals surface area contributed by atoms with Gasteiger partial charge in [0.1, 0.15) is 11.6 Å². The van der Waals surface area contributed by atoms with Gasteiger partial charge in [-0.05, 0) is 18.6 Å². The molecule has 4 nitrogen and oxygen atoms in total. The first-order valence-corrected chi connectivity index (χ1v) is 5.59. The van der Waals surface area contributed by atoms with Crippen molar-refractivity contribution < 1.29 is 13.9 Å². The number of carbonyl (C=O) groups excluding carboxylic acids is 1. The fraction of sp³-hybridized carbons (Fsp3) is 0.417. The SMILES string of the molecule is CCCOc1cc(F)ccc1NC(=O)CCN.Cl. The van der Waals surface area contributed by atoms with Crippen molar-refractivity contribution in [2.24, 2.45) is 5.73 Å². The number of benzene rings is 1. The van der Waals surface area contributed by atoms with Crippen molar-refractivity contribution in [2.45, 2.75) is 19.8 Å². The van der Waals surface area contributed by atoms with E-state index in [1.807, 2.05) is 6.92 Å². The number of carbonyl (C=O) groups is 1. The van der Waals surface area contributed by atoms with E-state index >= 15 is 0 Å². The summed E-state index contributed by atoms with van der Waals surface area (Å²) in [6, 6.07) is 4.01. The number of nitrogens with two attached hydrogens (primary N) is 1. The molecule has 0 spiro atoms. The van der Waals surface area contributed by atoms with Gasteiger partial charge in [-0.3, -0.25) is 4.79 Å². The number of ether oxygens (including phenoxy) is 1. The number of nitrogens with one attached hydrogen (secondary N) is 1. The Bertz CT molecular complexity index is 388. The van der Waals surface area contributed by atoms with Gasteiger partial charge < -0.3 is 15.8 Å². The zero-order valence-corrected chi connectivity index (χ0v) is 11.1. The fourth-order valence-corrected chi connectivity index (χ4v) is 1.27. The maximum Gasteiger partial charge on any atom is 0.225 e. The summed E-state index contributed by atoms with van der Waals surface area (Å²) >= 11 is 0. The third-order valence-corrected chi connectivity index (χ3v) is 2.05. The minimum atomic E-state index is -0.395. The summed E-state index contributed by atoms with van der Waals surface area (Å²) < 4.78 is 18.4. The van der Waals surface area contributed by atoms with E-state index in [2.05, 4.69) is 5.32 Å². The van der Waals surface area contributed by atoms with E-state index in [0.717, 1.165) is 6.42 Å². The zero-order chi connectivity index (χ0) is 12.7. The average Bonchev–Trinajstić information content (AvgIpc) is 2.30. The molecule has 0 aliphatic rings. The van der Waals surface area contributed by atoms with Crippen LogP contribution in [0.3, 0.4) is 0 Å². The van der Waals surface area contributed by atoms with E-state index in [1.54, 1.807) is 0 Å². The highest BCUT2D eigenvalue weighted by Crippen LogP contribution is 2.25. The molecule has 1 rings (SSSR count). The molecule has 0 radical (unpaired) electrons. The number of halogens is 2. The lowest BCUT2D eigenvalue weighted by Gasteiger charge is -2.11. The first kappa shape index (κ1) is 16.7. The van der Waals surface area contributed by atoms with Gasteiger partial charge in [-0.15, -0.1) is 12.4 Å². The number of hydrogen-bond donors (Lipinski definition) is 2. The summed E-state index contributed by atoms with van der Waals surface area (Å²) in [4.78, 5) is 11.4. The van der Waals surface area contributed by atoms with Gasteiger partial charge >= 0.3 is 0 Å². The highest BCUT2D eigenvalue weighted by atomic mass is 35.5. The van der Waals surface area contributed by atoms with Crippen LogP contribution in [0.1, 0.15) is 19.8 Å². The van der Waals surface area contributed by atoms with Crippen LogP contribution in [0.5, 0.6) is 5.75 Å². The second-order valence-electron chi connectivity index (χ2n) is 3.58. The molecule has 0 saturated heterocycles.